The number of carbonyl (C=O) groups excluding carboxylic acids is 2. The number of hydrogen-bond donors (Lipinski definition) is 2. The van der Waals surface area contributed by atoms with Gasteiger partial charge in [0.2, 0.25) is 5.89 Å². The quantitative estimate of drug-likeness (QED) is 0.376. The summed E-state index contributed by atoms with van der Waals surface area (Å²) in [6, 6.07) is 2.54. The summed E-state index contributed by atoms with van der Waals surface area (Å²) in [6.45, 7) is 5.73. The van der Waals surface area contributed by atoms with Crippen molar-refractivity contribution in [2.45, 2.75) is 51.7 Å². The number of aryl methyl sites for hydroxylation is 1. The largest absolute Gasteiger partial charge is 0.444 e. The molecule has 1 aliphatic heterocycles. The van der Waals surface area contributed by atoms with Gasteiger partial charge in [-0.05, 0) is 39.8 Å². The highest BCUT2D eigenvalue weighted by atomic mass is 19.3. The minimum Gasteiger partial charge on any atom is -0.444 e. The van der Waals surface area contributed by atoms with Gasteiger partial charge in [-0.15, -0.1) is 0 Å². The van der Waals surface area contributed by atoms with E-state index in [2.05, 4.69) is 25.3 Å². The number of amides is 2. The smallest absolute Gasteiger partial charge is 0.410 e. The Hall–Kier alpha value is -4.62. The van der Waals surface area contributed by atoms with Crippen LogP contribution in [0.5, 0.6) is 0 Å². The second-order valence-electron chi connectivity index (χ2n) is 10.6. The zero-order chi connectivity index (χ0) is 28.8. The van der Waals surface area contributed by atoms with E-state index < -0.39 is 42.5 Å². The third kappa shape index (κ3) is 5.42. The van der Waals surface area contributed by atoms with Gasteiger partial charge in [-0.1, -0.05) is 0 Å². The van der Waals surface area contributed by atoms with E-state index in [1.165, 1.54) is 12.5 Å². The number of fused-ring (bicyclic) bond motifs is 1. The lowest BCUT2D eigenvalue weighted by atomic mass is 10.1. The first-order valence-corrected chi connectivity index (χ1v) is 12.5. The van der Waals surface area contributed by atoms with Gasteiger partial charge in [0.15, 0.2) is 17.2 Å². The zero-order valence-electron chi connectivity index (χ0n) is 22.3. The Morgan fingerprint density at radius 2 is 2.00 bits per heavy atom. The molecule has 1 atom stereocenters. The van der Waals surface area contributed by atoms with Gasteiger partial charge in [-0.2, -0.15) is 0 Å². The fraction of sp³-hybridized carbons (Fsp3) is 0.385. The number of halogens is 2. The van der Waals surface area contributed by atoms with Crippen molar-refractivity contribution in [3.8, 4) is 22.8 Å². The van der Waals surface area contributed by atoms with E-state index in [9.17, 15) is 18.4 Å². The van der Waals surface area contributed by atoms with Crippen molar-refractivity contribution in [3.05, 3.63) is 48.4 Å². The summed E-state index contributed by atoms with van der Waals surface area (Å²) < 4.78 is 41.1. The molecule has 40 heavy (non-hydrogen) atoms. The molecule has 14 heteroatoms. The van der Waals surface area contributed by atoms with Gasteiger partial charge in [-0.3, -0.25) is 9.69 Å². The van der Waals surface area contributed by atoms with Crippen LogP contribution in [0.2, 0.25) is 0 Å². The topological polar surface area (TPSA) is 154 Å². The lowest BCUT2D eigenvalue weighted by molar-refractivity contribution is -0.00240. The van der Waals surface area contributed by atoms with E-state index in [-0.39, 0.29) is 35.3 Å². The summed E-state index contributed by atoms with van der Waals surface area (Å²) in [6.07, 6.45) is 4.79. The maximum absolute atomic E-state index is 14.3. The Labute approximate surface area is 227 Å². The maximum Gasteiger partial charge on any atom is 0.410 e. The molecule has 1 aliphatic rings. The molecule has 3 N–H and O–H groups in total. The van der Waals surface area contributed by atoms with Gasteiger partial charge in [0.1, 0.15) is 23.2 Å². The predicted molar refractivity (Wildman–Crippen MR) is 139 cm³/mol. The lowest BCUT2D eigenvalue weighted by Crippen LogP contribution is -2.45. The summed E-state index contributed by atoms with van der Waals surface area (Å²) in [5.41, 5.74) is 7.67. The van der Waals surface area contributed by atoms with Gasteiger partial charge in [0.05, 0.1) is 18.8 Å². The molecule has 0 saturated carbocycles. The highest BCUT2D eigenvalue weighted by Crippen LogP contribution is 2.33. The lowest BCUT2D eigenvalue weighted by Gasteiger charge is -2.28. The van der Waals surface area contributed by atoms with Gasteiger partial charge >= 0.3 is 6.09 Å². The molecule has 0 bridgehead atoms. The predicted octanol–water partition coefficient (Wildman–Crippen LogP) is 3.71. The third-order valence-corrected chi connectivity index (χ3v) is 6.24. The number of ether oxygens (including phenoxy) is 1. The number of nitrogen functional groups attached to an aromatic ring is 1. The highest BCUT2D eigenvalue weighted by molar-refractivity contribution is 5.97. The minimum absolute atomic E-state index is 0.143. The summed E-state index contributed by atoms with van der Waals surface area (Å²) in [4.78, 5) is 44.1. The molecule has 1 fully saturated rings. The number of pyridine rings is 1. The Bertz CT molecular complexity index is 1580. The van der Waals surface area contributed by atoms with E-state index in [4.69, 9.17) is 14.9 Å². The number of anilines is 1. The number of rotatable bonds is 5. The molecular weight excluding hydrogens is 526 g/mol. The molecule has 0 aromatic carbocycles. The SMILES string of the molecule is Cc1cnc2ccc(-c3nc(C(=O)NC[C@H]4CC(F)(F)CN4C(=O)OC(C)(C)C)c(N)nc3-c3ncco3)cn12. The summed E-state index contributed by atoms with van der Waals surface area (Å²) in [7, 11) is 0. The number of aromatic nitrogens is 5. The van der Waals surface area contributed by atoms with Crippen molar-refractivity contribution in [3.63, 3.8) is 0 Å². The first-order valence-electron chi connectivity index (χ1n) is 12.5. The van der Waals surface area contributed by atoms with Crippen molar-refractivity contribution in [2.24, 2.45) is 0 Å². The van der Waals surface area contributed by atoms with Crippen molar-refractivity contribution in [1.29, 1.82) is 0 Å². The molecule has 0 radical (unpaired) electrons. The number of imidazole rings is 1. The fourth-order valence-corrected chi connectivity index (χ4v) is 4.46. The first kappa shape index (κ1) is 27.0. The third-order valence-electron chi connectivity index (χ3n) is 6.24. The molecule has 5 heterocycles. The average molecular weight is 555 g/mol. The molecule has 12 nitrogen and oxygen atoms in total. The summed E-state index contributed by atoms with van der Waals surface area (Å²) >= 11 is 0. The zero-order valence-corrected chi connectivity index (χ0v) is 22.3. The Balaban J connectivity index is 1.44. The molecule has 1 saturated heterocycles. The molecule has 4 aromatic rings. The van der Waals surface area contributed by atoms with Gasteiger partial charge < -0.3 is 24.6 Å². The van der Waals surface area contributed by atoms with Crippen LogP contribution in [0, 0.1) is 6.92 Å². The normalized spacial score (nSPS) is 16.9. The van der Waals surface area contributed by atoms with Crippen molar-refractivity contribution >= 4 is 23.5 Å². The minimum atomic E-state index is -3.12. The summed E-state index contributed by atoms with van der Waals surface area (Å²) in [5, 5.41) is 2.58. The fourth-order valence-electron chi connectivity index (χ4n) is 4.46. The number of nitrogens with one attached hydrogen (secondary N) is 1. The van der Waals surface area contributed by atoms with E-state index in [1.54, 1.807) is 45.3 Å². The molecule has 5 rings (SSSR count). The Morgan fingerprint density at radius 1 is 1.23 bits per heavy atom. The van der Waals surface area contributed by atoms with Crippen LogP contribution >= 0.6 is 0 Å². The Morgan fingerprint density at radius 3 is 2.70 bits per heavy atom. The maximum atomic E-state index is 14.3. The molecule has 0 unspecified atom stereocenters. The molecule has 210 valence electrons. The highest BCUT2D eigenvalue weighted by Gasteiger charge is 2.48. The molecule has 0 aliphatic carbocycles. The van der Waals surface area contributed by atoms with E-state index in [0.29, 0.717) is 11.2 Å². The van der Waals surface area contributed by atoms with Crippen LogP contribution in [0.4, 0.5) is 19.4 Å². The molecule has 0 spiro atoms. The number of likely N-dealkylation sites (tertiary alicyclic amines) is 1. The standard InChI is InChI=1S/C26H28F2N8O4/c1-14-10-31-17-6-5-15(12-35(14)17)18-19(23-30-7-8-39-23)34-21(29)20(33-18)22(37)32-11-16-9-26(27,28)13-36(16)24(38)40-25(2,3)4/h5-8,10,12,16H,9,11,13H2,1-4H3,(H2,29,34)(H,32,37)/t16-/m1/s1. The van der Waals surface area contributed by atoms with Gasteiger partial charge in [0.25, 0.3) is 11.8 Å². The second kappa shape index (κ2) is 9.84. The Kier molecular flexibility index (Phi) is 6.64. The number of carbonyl (C=O) groups is 2. The van der Waals surface area contributed by atoms with E-state index in [0.717, 1.165) is 10.6 Å². The molecule has 4 aromatic heterocycles. The molecule has 2 amide bonds. The number of alkyl halides is 2. The number of hydrogen-bond acceptors (Lipinski definition) is 9. The first-order chi connectivity index (χ1) is 18.8. The van der Waals surface area contributed by atoms with E-state index >= 15 is 0 Å². The number of nitrogens with zero attached hydrogens (tertiary/aromatic N) is 6. The second-order valence-corrected chi connectivity index (χ2v) is 10.6. The molecular formula is C26H28F2N8O4. The van der Waals surface area contributed by atoms with Crippen LogP contribution < -0.4 is 11.1 Å². The van der Waals surface area contributed by atoms with Crippen molar-refractivity contribution < 1.29 is 27.5 Å². The average Bonchev–Trinajstić information content (AvgIpc) is 3.60. The number of oxazole rings is 1. The van der Waals surface area contributed by atoms with Crippen molar-refractivity contribution in [1.82, 2.24) is 34.6 Å². The number of nitrogens with two attached hydrogens (primary N) is 1. The van der Waals surface area contributed by atoms with Crippen molar-refractivity contribution in [2.75, 3.05) is 18.8 Å². The van der Waals surface area contributed by atoms with Crippen LogP contribution in [-0.4, -0.2) is 71.9 Å². The monoisotopic (exact) mass is 554 g/mol. The summed E-state index contributed by atoms with van der Waals surface area (Å²) in [5.74, 6) is -3.94. The van der Waals surface area contributed by atoms with Gasteiger partial charge in [-0.25, -0.2) is 33.5 Å². The van der Waals surface area contributed by atoms with Crippen LogP contribution in [-0.2, 0) is 4.74 Å². The van der Waals surface area contributed by atoms with Crippen LogP contribution in [0.1, 0.15) is 43.4 Å². The van der Waals surface area contributed by atoms with Crippen LogP contribution in [0.25, 0.3) is 28.5 Å². The van der Waals surface area contributed by atoms with Gasteiger partial charge in [0, 0.05) is 36.6 Å². The van der Waals surface area contributed by atoms with Crippen LogP contribution in [0.15, 0.2) is 41.4 Å². The van der Waals surface area contributed by atoms with Crippen LogP contribution in [0.3, 0.4) is 0 Å². The van der Waals surface area contributed by atoms with E-state index in [1.807, 2.05) is 11.3 Å².